The molecule has 2 heterocycles. The van der Waals surface area contributed by atoms with Gasteiger partial charge < -0.3 is 9.72 Å². The summed E-state index contributed by atoms with van der Waals surface area (Å²) in [6.45, 7) is 2.46. The van der Waals surface area contributed by atoms with Crippen molar-refractivity contribution in [3.05, 3.63) is 82.1 Å². The summed E-state index contributed by atoms with van der Waals surface area (Å²) in [5.41, 5.74) is 5.09. The fourth-order valence-electron chi connectivity index (χ4n) is 3.28. The summed E-state index contributed by atoms with van der Waals surface area (Å²) in [6, 6.07) is 19.6. The molecule has 0 unspecified atom stereocenters. The molecular formula is C22H21N3O2. The Balaban J connectivity index is 2.00. The van der Waals surface area contributed by atoms with Gasteiger partial charge in [-0.2, -0.15) is 5.10 Å². The number of para-hydroxylation sites is 1. The van der Waals surface area contributed by atoms with Crippen LogP contribution < -0.4 is 5.43 Å². The van der Waals surface area contributed by atoms with E-state index in [1.165, 1.54) is 5.56 Å². The molecule has 0 radical (unpaired) electrons. The van der Waals surface area contributed by atoms with Crippen LogP contribution in [0.2, 0.25) is 0 Å². The Bertz CT molecular complexity index is 1130. The number of H-pyrrole nitrogens is 1. The van der Waals surface area contributed by atoms with Crippen LogP contribution in [0.4, 0.5) is 0 Å². The van der Waals surface area contributed by atoms with Crippen molar-refractivity contribution in [3.63, 3.8) is 0 Å². The van der Waals surface area contributed by atoms with Crippen molar-refractivity contribution in [2.24, 2.45) is 0 Å². The topological polar surface area (TPSA) is 59.9 Å². The number of benzene rings is 2. The highest BCUT2D eigenvalue weighted by Crippen LogP contribution is 2.27. The average molecular weight is 359 g/mol. The Kier molecular flexibility index (Phi) is 4.60. The van der Waals surface area contributed by atoms with Crippen molar-refractivity contribution in [2.45, 2.75) is 20.0 Å². The Hall–Kier alpha value is -3.18. The number of nitrogens with zero attached hydrogens (tertiary/aromatic N) is 2. The third-order valence-corrected chi connectivity index (χ3v) is 4.65. The van der Waals surface area contributed by atoms with Gasteiger partial charge in [0.25, 0.3) is 0 Å². The first-order valence-electron chi connectivity index (χ1n) is 9.00. The standard InChI is InChI=1S/C22H21N3O2/c1-3-15-9-11-16(12-10-15)21-20-19(26)13-17(14-27-2)23-22(20)25(24-21)18-7-5-4-6-8-18/h4-13H,3,14H2,1-2H3,(H,23,26). The van der Waals surface area contributed by atoms with E-state index in [0.717, 1.165) is 23.4 Å². The van der Waals surface area contributed by atoms with Gasteiger partial charge in [-0.15, -0.1) is 0 Å². The summed E-state index contributed by atoms with van der Waals surface area (Å²) in [5.74, 6) is 0. The van der Waals surface area contributed by atoms with Gasteiger partial charge in [-0.25, -0.2) is 4.68 Å². The summed E-state index contributed by atoms with van der Waals surface area (Å²) in [4.78, 5) is 16.2. The van der Waals surface area contributed by atoms with E-state index in [9.17, 15) is 4.79 Å². The number of aryl methyl sites for hydroxylation is 1. The highest BCUT2D eigenvalue weighted by Gasteiger charge is 2.18. The molecule has 4 rings (SSSR count). The predicted octanol–water partition coefficient (Wildman–Crippen LogP) is 4.09. The van der Waals surface area contributed by atoms with E-state index in [1.54, 1.807) is 17.9 Å². The molecule has 0 spiro atoms. The maximum Gasteiger partial charge on any atom is 0.193 e. The maximum absolute atomic E-state index is 12.9. The number of aromatic nitrogens is 3. The van der Waals surface area contributed by atoms with E-state index in [4.69, 9.17) is 9.84 Å². The van der Waals surface area contributed by atoms with Crippen molar-refractivity contribution < 1.29 is 4.74 Å². The van der Waals surface area contributed by atoms with E-state index >= 15 is 0 Å². The minimum absolute atomic E-state index is 0.0625. The molecule has 4 aromatic rings. The lowest BCUT2D eigenvalue weighted by Crippen LogP contribution is -2.07. The molecule has 0 aliphatic rings. The molecule has 2 aromatic carbocycles. The van der Waals surface area contributed by atoms with Crippen LogP contribution in [-0.2, 0) is 17.8 Å². The molecule has 5 nitrogen and oxygen atoms in total. The minimum Gasteiger partial charge on any atom is -0.378 e. The zero-order chi connectivity index (χ0) is 18.8. The molecule has 0 atom stereocenters. The van der Waals surface area contributed by atoms with Gasteiger partial charge in [0.05, 0.1) is 17.7 Å². The van der Waals surface area contributed by atoms with Gasteiger partial charge in [0.15, 0.2) is 5.43 Å². The zero-order valence-electron chi connectivity index (χ0n) is 15.4. The number of pyridine rings is 1. The molecular weight excluding hydrogens is 338 g/mol. The number of fused-ring (bicyclic) bond motifs is 1. The largest absolute Gasteiger partial charge is 0.378 e. The number of aromatic amines is 1. The second kappa shape index (κ2) is 7.21. The summed E-state index contributed by atoms with van der Waals surface area (Å²) < 4.78 is 6.99. The zero-order valence-corrected chi connectivity index (χ0v) is 15.4. The molecule has 0 aliphatic carbocycles. The average Bonchev–Trinajstić information content (AvgIpc) is 3.09. The van der Waals surface area contributed by atoms with Crippen LogP contribution in [0.5, 0.6) is 0 Å². The second-order valence-electron chi connectivity index (χ2n) is 6.46. The first-order valence-corrected chi connectivity index (χ1v) is 9.00. The lowest BCUT2D eigenvalue weighted by Gasteiger charge is -2.05. The highest BCUT2D eigenvalue weighted by molar-refractivity contribution is 5.92. The lowest BCUT2D eigenvalue weighted by molar-refractivity contribution is 0.181. The molecule has 136 valence electrons. The van der Waals surface area contributed by atoms with Crippen LogP contribution in [0, 0.1) is 0 Å². The van der Waals surface area contributed by atoms with Crippen LogP contribution in [0.15, 0.2) is 65.5 Å². The van der Waals surface area contributed by atoms with Gasteiger partial charge in [0, 0.05) is 24.4 Å². The SMILES string of the molecule is CCc1ccc(-c2nn(-c3ccccc3)c3[nH]c(COC)cc(=O)c23)cc1. The van der Waals surface area contributed by atoms with Crippen LogP contribution in [-0.4, -0.2) is 21.9 Å². The van der Waals surface area contributed by atoms with Crippen molar-refractivity contribution in [1.29, 1.82) is 0 Å². The molecule has 2 aromatic heterocycles. The number of hydrogen-bond donors (Lipinski definition) is 1. The number of hydrogen-bond acceptors (Lipinski definition) is 3. The van der Waals surface area contributed by atoms with Gasteiger partial charge in [0.1, 0.15) is 11.3 Å². The highest BCUT2D eigenvalue weighted by atomic mass is 16.5. The minimum atomic E-state index is -0.0625. The van der Waals surface area contributed by atoms with Crippen LogP contribution in [0.1, 0.15) is 18.2 Å². The third kappa shape index (κ3) is 3.17. The number of rotatable bonds is 5. The maximum atomic E-state index is 12.9. The van der Waals surface area contributed by atoms with Crippen molar-refractivity contribution in [2.75, 3.05) is 7.11 Å². The van der Waals surface area contributed by atoms with Crippen LogP contribution >= 0.6 is 0 Å². The van der Waals surface area contributed by atoms with Crippen LogP contribution in [0.25, 0.3) is 28.0 Å². The molecule has 0 fully saturated rings. The van der Waals surface area contributed by atoms with Crippen molar-refractivity contribution >= 4 is 11.0 Å². The smallest absolute Gasteiger partial charge is 0.193 e. The van der Waals surface area contributed by atoms with Gasteiger partial charge in [-0.1, -0.05) is 49.4 Å². The third-order valence-electron chi connectivity index (χ3n) is 4.65. The first kappa shape index (κ1) is 17.2. The van der Waals surface area contributed by atoms with E-state index < -0.39 is 0 Å². The van der Waals surface area contributed by atoms with Gasteiger partial charge in [0.2, 0.25) is 0 Å². The van der Waals surface area contributed by atoms with E-state index in [2.05, 4.69) is 24.0 Å². The molecule has 1 N–H and O–H groups in total. The first-order chi connectivity index (χ1) is 13.2. The summed E-state index contributed by atoms with van der Waals surface area (Å²) in [7, 11) is 1.61. The van der Waals surface area contributed by atoms with Gasteiger partial charge in [-0.3, -0.25) is 4.79 Å². The quantitative estimate of drug-likeness (QED) is 0.584. The predicted molar refractivity (Wildman–Crippen MR) is 107 cm³/mol. The Morgan fingerprint density at radius 1 is 1.07 bits per heavy atom. The van der Waals surface area contributed by atoms with E-state index in [0.29, 0.717) is 23.3 Å². The molecule has 0 saturated carbocycles. The fraction of sp³-hybridized carbons (Fsp3) is 0.182. The Morgan fingerprint density at radius 2 is 1.81 bits per heavy atom. The lowest BCUT2D eigenvalue weighted by atomic mass is 10.1. The summed E-state index contributed by atoms with van der Waals surface area (Å²) in [6.07, 6.45) is 0.973. The molecule has 0 bridgehead atoms. The summed E-state index contributed by atoms with van der Waals surface area (Å²) >= 11 is 0. The monoisotopic (exact) mass is 359 g/mol. The number of ether oxygens (including phenoxy) is 1. The molecule has 27 heavy (non-hydrogen) atoms. The van der Waals surface area contributed by atoms with Gasteiger partial charge in [-0.05, 0) is 24.1 Å². The number of nitrogens with one attached hydrogen (secondary N) is 1. The second-order valence-corrected chi connectivity index (χ2v) is 6.46. The van der Waals surface area contributed by atoms with Gasteiger partial charge >= 0.3 is 0 Å². The Labute approximate surface area is 157 Å². The van der Waals surface area contributed by atoms with Crippen molar-refractivity contribution in [1.82, 2.24) is 14.8 Å². The normalized spacial score (nSPS) is 11.2. The molecule has 0 amide bonds. The van der Waals surface area contributed by atoms with E-state index in [1.807, 2.05) is 42.5 Å². The fourth-order valence-corrected chi connectivity index (χ4v) is 3.28. The Morgan fingerprint density at radius 3 is 2.48 bits per heavy atom. The molecule has 0 aliphatic heterocycles. The number of methoxy groups -OCH3 is 1. The van der Waals surface area contributed by atoms with Crippen LogP contribution in [0.3, 0.4) is 0 Å². The van der Waals surface area contributed by atoms with Crippen molar-refractivity contribution in [3.8, 4) is 16.9 Å². The molecule has 0 saturated heterocycles. The van der Waals surface area contributed by atoms with E-state index in [-0.39, 0.29) is 5.43 Å². The summed E-state index contributed by atoms with van der Waals surface area (Å²) in [5, 5.41) is 5.38. The molecule has 5 heteroatoms.